The van der Waals surface area contributed by atoms with Crippen LogP contribution in [-0.2, 0) is 13.0 Å². The van der Waals surface area contributed by atoms with E-state index in [1.165, 1.54) is 11.3 Å². The highest BCUT2D eigenvalue weighted by molar-refractivity contribution is 7.98. The Morgan fingerprint density at radius 1 is 1.35 bits per heavy atom. The molecule has 23 heavy (non-hydrogen) atoms. The van der Waals surface area contributed by atoms with Crippen molar-refractivity contribution in [3.63, 3.8) is 0 Å². The van der Waals surface area contributed by atoms with Crippen LogP contribution >= 0.6 is 11.8 Å². The van der Waals surface area contributed by atoms with Gasteiger partial charge in [0.05, 0.1) is 5.69 Å². The molecule has 0 radical (unpaired) electrons. The lowest BCUT2D eigenvalue weighted by molar-refractivity contribution is 0.174. The molecule has 0 saturated carbocycles. The third-order valence-corrected chi connectivity index (χ3v) is 5.46. The maximum atomic E-state index is 5.50. The molecule has 0 aliphatic carbocycles. The van der Waals surface area contributed by atoms with Crippen LogP contribution in [0.4, 0.5) is 0 Å². The van der Waals surface area contributed by atoms with E-state index >= 15 is 0 Å². The molecule has 4 rings (SSSR count). The molecule has 2 aliphatic rings. The van der Waals surface area contributed by atoms with E-state index in [1.54, 1.807) is 0 Å². The summed E-state index contributed by atoms with van der Waals surface area (Å²) in [4.78, 5) is 2.55. The summed E-state index contributed by atoms with van der Waals surface area (Å²) < 4.78 is 10.9. The van der Waals surface area contributed by atoms with Gasteiger partial charge in [-0.25, -0.2) is 0 Å². The van der Waals surface area contributed by atoms with Crippen LogP contribution in [0.5, 0.6) is 11.5 Å². The molecule has 2 aromatic rings. The molecule has 1 aromatic heterocycles. The summed E-state index contributed by atoms with van der Waals surface area (Å²) in [5, 5.41) is 7.81. The molecule has 0 bridgehead atoms. The highest BCUT2D eigenvalue weighted by atomic mass is 32.2. The van der Waals surface area contributed by atoms with Crippen LogP contribution in [0.15, 0.2) is 18.2 Å². The first-order chi connectivity index (χ1) is 11.3. The molecule has 1 N–H and O–H groups in total. The molecule has 6 heteroatoms. The molecule has 0 saturated heterocycles. The molecule has 1 aromatic carbocycles. The van der Waals surface area contributed by atoms with E-state index in [1.807, 2.05) is 23.9 Å². The summed E-state index contributed by atoms with van der Waals surface area (Å²) in [6.07, 6.45) is 3.20. The Kier molecular flexibility index (Phi) is 3.95. The summed E-state index contributed by atoms with van der Waals surface area (Å²) in [6, 6.07) is 6.64. The Bertz CT molecular complexity index is 716. The Morgan fingerprint density at radius 3 is 3.09 bits per heavy atom. The lowest BCUT2D eigenvalue weighted by Crippen LogP contribution is -2.38. The van der Waals surface area contributed by atoms with E-state index in [4.69, 9.17) is 9.47 Å². The van der Waals surface area contributed by atoms with Gasteiger partial charge in [0.1, 0.15) is 0 Å². The summed E-state index contributed by atoms with van der Waals surface area (Å²) in [5.74, 6) is 2.78. The van der Waals surface area contributed by atoms with Gasteiger partial charge < -0.3 is 9.47 Å². The minimum absolute atomic E-state index is 0.303. The van der Waals surface area contributed by atoms with E-state index in [9.17, 15) is 0 Å². The van der Waals surface area contributed by atoms with Gasteiger partial charge in [-0.05, 0) is 31.4 Å². The smallest absolute Gasteiger partial charge is 0.231 e. The second-order valence-corrected chi connectivity index (χ2v) is 7.03. The Morgan fingerprint density at radius 2 is 2.22 bits per heavy atom. The van der Waals surface area contributed by atoms with Crippen LogP contribution in [0, 0.1) is 0 Å². The van der Waals surface area contributed by atoms with E-state index in [0.29, 0.717) is 12.8 Å². The number of hydrogen-bond acceptors (Lipinski definition) is 5. The monoisotopic (exact) mass is 331 g/mol. The fourth-order valence-corrected chi connectivity index (χ4v) is 4.01. The Balaban J connectivity index is 1.64. The zero-order valence-corrected chi connectivity index (χ0v) is 14.3. The minimum atomic E-state index is 0.303. The van der Waals surface area contributed by atoms with Gasteiger partial charge in [0.2, 0.25) is 6.79 Å². The van der Waals surface area contributed by atoms with Gasteiger partial charge in [0.15, 0.2) is 11.5 Å². The van der Waals surface area contributed by atoms with Crippen LogP contribution in [0.1, 0.15) is 18.2 Å². The second-order valence-electron chi connectivity index (χ2n) is 6.12. The van der Waals surface area contributed by atoms with Crippen molar-refractivity contribution in [2.24, 2.45) is 0 Å². The molecule has 122 valence electrons. The van der Waals surface area contributed by atoms with Crippen molar-refractivity contribution in [1.29, 1.82) is 0 Å². The van der Waals surface area contributed by atoms with Crippen molar-refractivity contribution in [3.8, 4) is 22.8 Å². The quantitative estimate of drug-likeness (QED) is 0.933. The topological polar surface area (TPSA) is 50.4 Å². The number of benzene rings is 1. The summed E-state index contributed by atoms with van der Waals surface area (Å²) in [5.41, 5.74) is 4.72. The van der Waals surface area contributed by atoms with Crippen molar-refractivity contribution in [2.75, 3.05) is 25.3 Å². The first-order valence-corrected chi connectivity index (χ1v) is 9.34. The van der Waals surface area contributed by atoms with E-state index in [0.717, 1.165) is 48.0 Å². The Hall–Kier alpha value is -1.66. The molecule has 1 atom stereocenters. The average molecular weight is 331 g/mol. The molecule has 0 amide bonds. The second kappa shape index (κ2) is 6.09. The van der Waals surface area contributed by atoms with Crippen molar-refractivity contribution >= 4 is 11.8 Å². The predicted molar refractivity (Wildman–Crippen MR) is 92.1 cm³/mol. The van der Waals surface area contributed by atoms with Crippen molar-refractivity contribution < 1.29 is 9.47 Å². The molecule has 0 fully saturated rings. The minimum Gasteiger partial charge on any atom is -0.454 e. The van der Waals surface area contributed by atoms with Crippen LogP contribution < -0.4 is 9.47 Å². The molecule has 1 unspecified atom stereocenters. The van der Waals surface area contributed by atoms with Gasteiger partial charge in [0, 0.05) is 48.1 Å². The third-order valence-electron chi connectivity index (χ3n) is 4.64. The lowest BCUT2D eigenvalue weighted by atomic mass is 10.00. The zero-order valence-electron chi connectivity index (χ0n) is 13.5. The molecule has 0 spiro atoms. The van der Waals surface area contributed by atoms with Crippen LogP contribution in [0.2, 0.25) is 0 Å². The number of aromatic amines is 1. The average Bonchev–Trinajstić information content (AvgIpc) is 3.20. The van der Waals surface area contributed by atoms with Gasteiger partial charge in [-0.3, -0.25) is 10.00 Å². The molecule has 3 heterocycles. The number of thioether (sulfide) groups is 1. The van der Waals surface area contributed by atoms with Crippen LogP contribution in [0.25, 0.3) is 11.3 Å². The number of nitrogens with one attached hydrogen (secondary N) is 1. The highest BCUT2D eigenvalue weighted by Gasteiger charge is 2.26. The number of rotatable bonds is 4. The number of aromatic nitrogens is 2. The fraction of sp³-hybridized carbons (Fsp3) is 0.471. The fourth-order valence-electron chi connectivity index (χ4n) is 3.32. The van der Waals surface area contributed by atoms with E-state index < -0.39 is 0 Å². The number of hydrogen-bond donors (Lipinski definition) is 1. The van der Waals surface area contributed by atoms with Crippen LogP contribution in [-0.4, -0.2) is 46.5 Å². The summed E-state index contributed by atoms with van der Waals surface area (Å²) in [7, 11) is 0. The normalized spacial score (nSPS) is 18.0. The number of ether oxygens (including phenoxy) is 2. The number of nitrogens with zero attached hydrogens (tertiary/aromatic N) is 2. The standard InChI is InChI=1S/C17H21N3O2S/c1-11(9-23-2)20-6-5-14-13(8-20)17(19-18-14)12-3-4-15-16(7-12)22-10-21-15/h3-4,7,11H,5-6,8-10H2,1-2H3,(H,18,19). The van der Waals surface area contributed by atoms with Gasteiger partial charge in [0.25, 0.3) is 0 Å². The van der Waals surface area contributed by atoms with E-state index in [-0.39, 0.29) is 0 Å². The zero-order chi connectivity index (χ0) is 15.8. The summed E-state index contributed by atoms with van der Waals surface area (Å²) in [6.45, 7) is 4.66. The van der Waals surface area contributed by atoms with Crippen molar-refractivity contribution in [2.45, 2.75) is 25.9 Å². The van der Waals surface area contributed by atoms with Gasteiger partial charge in [-0.2, -0.15) is 16.9 Å². The largest absolute Gasteiger partial charge is 0.454 e. The molecular weight excluding hydrogens is 310 g/mol. The highest BCUT2D eigenvalue weighted by Crippen LogP contribution is 2.37. The van der Waals surface area contributed by atoms with Gasteiger partial charge in [-0.15, -0.1) is 0 Å². The van der Waals surface area contributed by atoms with Crippen molar-refractivity contribution in [1.82, 2.24) is 15.1 Å². The van der Waals surface area contributed by atoms with Crippen LogP contribution in [0.3, 0.4) is 0 Å². The maximum Gasteiger partial charge on any atom is 0.231 e. The predicted octanol–water partition coefficient (Wildman–Crippen LogP) is 2.92. The number of H-pyrrole nitrogens is 1. The number of fused-ring (bicyclic) bond motifs is 2. The first-order valence-electron chi connectivity index (χ1n) is 7.95. The maximum absolute atomic E-state index is 5.50. The molecule has 2 aliphatic heterocycles. The molecular formula is C17H21N3O2S. The Labute approximate surface area is 140 Å². The van der Waals surface area contributed by atoms with Gasteiger partial charge in [-0.1, -0.05) is 0 Å². The lowest BCUT2D eigenvalue weighted by Gasteiger charge is -2.32. The SMILES string of the molecule is CSCC(C)N1CCc2[nH]nc(-c3ccc4c(c3)OCO4)c2C1. The van der Waals surface area contributed by atoms with Gasteiger partial charge >= 0.3 is 0 Å². The molecule has 5 nitrogen and oxygen atoms in total. The summed E-state index contributed by atoms with van der Waals surface area (Å²) >= 11 is 1.91. The first kappa shape index (κ1) is 14.9. The third kappa shape index (κ3) is 2.70. The van der Waals surface area contributed by atoms with Crippen molar-refractivity contribution in [3.05, 3.63) is 29.5 Å². The van der Waals surface area contributed by atoms with E-state index in [2.05, 4.69) is 34.3 Å².